The summed E-state index contributed by atoms with van der Waals surface area (Å²) < 4.78 is 0. The van der Waals surface area contributed by atoms with E-state index in [4.69, 9.17) is 0 Å². The van der Waals surface area contributed by atoms with E-state index in [0.29, 0.717) is 5.41 Å². The van der Waals surface area contributed by atoms with Crippen molar-refractivity contribution in [1.29, 1.82) is 0 Å². The van der Waals surface area contributed by atoms with Gasteiger partial charge in [-0.25, -0.2) is 0 Å². The third kappa shape index (κ3) is 2.95. The largest absolute Gasteiger partial charge is 0.316 e. The summed E-state index contributed by atoms with van der Waals surface area (Å²) in [6.45, 7) is 11.3. The van der Waals surface area contributed by atoms with Crippen LogP contribution in [-0.2, 0) is 10.8 Å². The van der Waals surface area contributed by atoms with Crippen molar-refractivity contribution < 1.29 is 0 Å². The molecule has 0 amide bonds. The van der Waals surface area contributed by atoms with Gasteiger partial charge in [-0.2, -0.15) is 0 Å². The second-order valence-electron chi connectivity index (χ2n) is 6.78. The lowest BCUT2D eigenvalue weighted by Crippen LogP contribution is -2.27. The van der Waals surface area contributed by atoms with Gasteiger partial charge in [-0.1, -0.05) is 52.0 Å². The van der Waals surface area contributed by atoms with Gasteiger partial charge in [0.1, 0.15) is 0 Å². The van der Waals surface area contributed by atoms with Crippen molar-refractivity contribution in [1.82, 2.24) is 5.32 Å². The van der Waals surface area contributed by atoms with Gasteiger partial charge >= 0.3 is 0 Å². The zero-order valence-electron chi connectivity index (χ0n) is 12.3. The van der Waals surface area contributed by atoms with Crippen molar-refractivity contribution in [3.63, 3.8) is 0 Å². The molecule has 100 valence electrons. The third-order valence-corrected chi connectivity index (χ3v) is 4.11. The first kappa shape index (κ1) is 13.6. The van der Waals surface area contributed by atoms with E-state index in [1.54, 1.807) is 0 Å². The molecule has 1 aromatic carbocycles. The van der Waals surface area contributed by atoms with Crippen LogP contribution in [0.2, 0.25) is 0 Å². The first-order valence-corrected chi connectivity index (χ1v) is 7.30. The highest BCUT2D eigenvalue weighted by molar-refractivity contribution is 5.36. The molecule has 1 fully saturated rings. The molecule has 0 bridgehead atoms. The average Bonchev–Trinajstić information content (AvgIpc) is 3.10. The van der Waals surface area contributed by atoms with Crippen LogP contribution < -0.4 is 5.32 Å². The van der Waals surface area contributed by atoms with E-state index in [1.165, 1.54) is 30.4 Å². The molecule has 1 heteroatoms. The van der Waals surface area contributed by atoms with Crippen molar-refractivity contribution in [2.75, 3.05) is 13.1 Å². The van der Waals surface area contributed by atoms with Gasteiger partial charge in [0.2, 0.25) is 0 Å². The minimum atomic E-state index is 0.260. The Bertz CT molecular complexity index is 379. The van der Waals surface area contributed by atoms with Gasteiger partial charge in [0.25, 0.3) is 0 Å². The van der Waals surface area contributed by atoms with Crippen LogP contribution in [0.4, 0.5) is 0 Å². The summed E-state index contributed by atoms with van der Waals surface area (Å²) in [7, 11) is 0. The van der Waals surface area contributed by atoms with Gasteiger partial charge in [-0.3, -0.25) is 0 Å². The van der Waals surface area contributed by atoms with Gasteiger partial charge in [-0.05, 0) is 42.3 Å². The lowest BCUT2D eigenvalue weighted by atomic mass is 9.85. The standard InChI is InChI=1S/C17H27N/c1-5-12-18-13-17(10-11-17)15-8-6-14(7-9-15)16(2,3)4/h6-9,18H,5,10-13H2,1-4H3. The van der Waals surface area contributed by atoms with Gasteiger partial charge in [0.05, 0.1) is 0 Å². The van der Waals surface area contributed by atoms with Crippen molar-refractivity contribution in [2.45, 2.75) is 57.8 Å². The lowest BCUT2D eigenvalue weighted by Gasteiger charge is -2.21. The quantitative estimate of drug-likeness (QED) is 0.773. The second kappa shape index (κ2) is 5.05. The molecular weight excluding hydrogens is 218 g/mol. The van der Waals surface area contributed by atoms with Crippen molar-refractivity contribution in [2.24, 2.45) is 0 Å². The summed E-state index contributed by atoms with van der Waals surface area (Å²) in [6.07, 6.45) is 3.91. The Kier molecular flexibility index (Phi) is 3.82. The molecule has 0 heterocycles. The van der Waals surface area contributed by atoms with Crippen LogP contribution in [-0.4, -0.2) is 13.1 Å². The van der Waals surface area contributed by atoms with E-state index in [2.05, 4.69) is 57.3 Å². The average molecular weight is 245 g/mol. The molecule has 1 aromatic rings. The fourth-order valence-corrected chi connectivity index (χ4v) is 2.55. The fourth-order valence-electron chi connectivity index (χ4n) is 2.55. The highest BCUT2D eigenvalue weighted by atomic mass is 14.9. The predicted molar refractivity (Wildman–Crippen MR) is 79.2 cm³/mol. The second-order valence-corrected chi connectivity index (χ2v) is 6.78. The Labute approximate surface area is 112 Å². The molecule has 0 aliphatic heterocycles. The Hall–Kier alpha value is -0.820. The summed E-state index contributed by atoms with van der Waals surface area (Å²) in [6, 6.07) is 9.33. The Morgan fingerprint density at radius 2 is 1.72 bits per heavy atom. The van der Waals surface area contributed by atoms with Gasteiger partial charge in [0.15, 0.2) is 0 Å². The maximum Gasteiger partial charge on any atom is 0.00784 e. The van der Waals surface area contributed by atoms with Crippen LogP contribution in [0.3, 0.4) is 0 Å². The molecule has 0 atom stereocenters. The van der Waals surface area contributed by atoms with E-state index >= 15 is 0 Å². The summed E-state index contributed by atoms with van der Waals surface area (Å²) >= 11 is 0. The van der Waals surface area contributed by atoms with E-state index < -0.39 is 0 Å². The lowest BCUT2D eigenvalue weighted by molar-refractivity contribution is 0.567. The molecule has 0 spiro atoms. The molecule has 2 rings (SSSR count). The zero-order chi connectivity index (χ0) is 13.2. The third-order valence-electron chi connectivity index (χ3n) is 4.11. The van der Waals surface area contributed by atoms with Crippen molar-refractivity contribution in [3.05, 3.63) is 35.4 Å². The van der Waals surface area contributed by atoms with Crippen LogP contribution in [0.15, 0.2) is 24.3 Å². The molecule has 1 aliphatic rings. The summed E-state index contributed by atoms with van der Waals surface area (Å²) in [4.78, 5) is 0. The summed E-state index contributed by atoms with van der Waals surface area (Å²) in [5.41, 5.74) is 3.67. The number of rotatable bonds is 5. The van der Waals surface area contributed by atoms with Gasteiger partial charge in [0, 0.05) is 12.0 Å². The first-order valence-electron chi connectivity index (χ1n) is 7.30. The molecule has 1 saturated carbocycles. The van der Waals surface area contributed by atoms with E-state index in [-0.39, 0.29) is 5.41 Å². The number of benzene rings is 1. The molecule has 1 N–H and O–H groups in total. The molecular formula is C17H27N. The predicted octanol–water partition coefficient (Wildman–Crippen LogP) is 4.02. The SMILES string of the molecule is CCCNCC1(c2ccc(C(C)(C)C)cc2)CC1. The minimum absolute atomic E-state index is 0.260. The van der Waals surface area contributed by atoms with Crippen LogP contribution in [0.5, 0.6) is 0 Å². The van der Waals surface area contributed by atoms with E-state index in [0.717, 1.165) is 13.1 Å². The molecule has 0 saturated heterocycles. The smallest absolute Gasteiger partial charge is 0.00784 e. The summed E-state index contributed by atoms with van der Waals surface area (Å²) in [5, 5.41) is 3.58. The summed E-state index contributed by atoms with van der Waals surface area (Å²) in [5.74, 6) is 0. The van der Waals surface area contributed by atoms with Crippen molar-refractivity contribution in [3.8, 4) is 0 Å². The van der Waals surface area contributed by atoms with E-state index in [1.807, 2.05) is 0 Å². The zero-order valence-corrected chi connectivity index (χ0v) is 12.3. The van der Waals surface area contributed by atoms with Gasteiger partial charge in [-0.15, -0.1) is 0 Å². The molecule has 0 radical (unpaired) electrons. The molecule has 0 unspecified atom stereocenters. The Morgan fingerprint density at radius 3 is 2.17 bits per heavy atom. The van der Waals surface area contributed by atoms with Crippen LogP contribution in [0.25, 0.3) is 0 Å². The molecule has 1 aliphatic carbocycles. The molecule has 0 aromatic heterocycles. The molecule has 18 heavy (non-hydrogen) atoms. The normalized spacial score (nSPS) is 17.8. The maximum atomic E-state index is 3.58. The highest BCUT2D eigenvalue weighted by Gasteiger charge is 2.43. The number of hydrogen-bond acceptors (Lipinski definition) is 1. The van der Waals surface area contributed by atoms with Crippen LogP contribution in [0.1, 0.15) is 58.1 Å². The Morgan fingerprint density at radius 1 is 1.11 bits per heavy atom. The monoisotopic (exact) mass is 245 g/mol. The number of nitrogens with one attached hydrogen (secondary N) is 1. The first-order chi connectivity index (χ1) is 8.48. The highest BCUT2D eigenvalue weighted by Crippen LogP contribution is 2.47. The minimum Gasteiger partial charge on any atom is -0.316 e. The number of hydrogen-bond donors (Lipinski definition) is 1. The van der Waals surface area contributed by atoms with E-state index in [9.17, 15) is 0 Å². The fraction of sp³-hybridized carbons (Fsp3) is 0.647. The van der Waals surface area contributed by atoms with Crippen LogP contribution in [0, 0.1) is 0 Å². The Balaban J connectivity index is 2.05. The van der Waals surface area contributed by atoms with Crippen molar-refractivity contribution >= 4 is 0 Å². The maximum absolute atomic E-state index is 3.58. The van der Waals surface area contributed by atoms with Crippen LogP contribution >= 0.6 is 0 Å². The van der Waals surface area contributed by atoms with Gasteiger partial charge < -0.3 is 5.32 Å². The topological polar surface area (TPSA) is 12.0 Å². The molecule has 1 nitrogen and oxygen atoms in total.